The van der Waals surface area contributed by atoms with Crippen LogP contribution in [0.5, 0.6) is 0 Å². The van der Waals surface area contributed by atoms with Crippen LogP contribution in [-0.2, 0) is 6.42 Å². The van der Waals surface area contributed by atoms with Gasteiger partial charge >= 0.3 is 0 Å². The number of hydrogen-bond acceptors (Lipinski definition) is 2. The van der Waals surface area contributed by atoms with Gasteiger partial charge in [-0.2, -0.15) is 0 Å². The van der Waals surface area contributed by atoms with E-state index in [0.29, 0.717) is 11.2 Å². The third-order valence-corrected chi connectivity index (χ3v) is 2.86. The maximum absolute atomic E-state index is 11.2. The molecule has 0 saturated heterocycles. The van der Waals surface area contributed by atoms with Gasteiger partial charge in [-0.05, 0) is 29.9 Å². The van der Waals surface area contributed by atoms with Crippen molar-refractivity contribution < 1.29 is 0 Å². The number of benzene rings is 1. The zero-order valence-electron chi connectivity index (χ0n) is 8.29. The summed E-state index contributed by atoms with van der Waals surface area (Å²) in [4.78, 5) is 16.7. The van der Waals surface area contributed by atoms with Crippen molar-refractivity contribution in [1.82, 2.24) is 9.97 Å². The zero-order valence-corrected chi connectivity index (χ0v) is 10.7. The summed E-state index contributed by atoms with van der Waals surface area (Å²) in [5, 5.41) is 0. The van der Waals surface area contributed by atoms with E-state index >= 15 is 0 Å². The quantitative estimate of drug-likeness (QED) is 0.837. The lowest BCUT2D eigenvalue weighted by Gasteiger charge is -2.01. The summed E-state index contributed by atoms with van der Waals surface area (Å²) in [7, 11) is 0. The Balaban J connectivity index is 2.30. The Morgan fingerprint density at radius 2 is 1.88 bits per heavy atom. The number of halogens is 1. The first-order valence-electron chi connectivity index (χ1n) is 4.70. The molecule has 0 spiro atoms. The van der Waals surface area contributed by atoms with Crippen molar-refractivity contribution in [3.05, 3.63) is 61.2 Å². The third-order valence-electron chi connectivity index (χ3n) is 2.12. The van der Waals surface area contributed by atoms with E-state index in [0.717, 1.165) is 15.7 Å². The molecular weight excluding hydrogens is 288 g/mol. The second-order valence-electron chi connectivity index (χ2n) is 3.42. The van der Waals surface area contributed by atoms with E-state index < -0.39 is 0 Å². The lowest BCUT2D eigenvalue weighted by Crippen LogP contribution is -2.08. The summed E-state index contributed by atoms with van der Waals surface area (Å²) in [6.45, 7) is 0. The Kier molecular flexibility index (Phi) is 3.36. The van der Waals surface area contributed by atoms with Crippen LogP contribution in [0.1, 0.15) is 11.3 Å². The van der Waals surface area contributed by atoms with Crippen molar-refractivity contribution in [3.8, 4) is 0 Å². The van der Waals surface area contributed by atoms with Crippen LogP contribution in [-0.4, -0.2) is 9.97 Å². The summed E-state index contributed by atoms with van der Waals surface area (Å²) in [5.41, 5.74) is 1.77. The van der Waals surface area contributed by atoms with Gasteiger partial charge in [0.05, 0.1) is 0 Å². The van der Waals surface area contributed by atoms with Crippen LogP contribution in [0.3, 0.4) is 0 Å². The average molecular weight is 297 g/mol. The predicted molar refractivity (Wildman–Crippen MR) is 69.2 cm³/mol. The molecule has 1 heterocycles. The minimum atomic E-state index is -0.170. The molecule has 0 atom stereocenters. The van der Waals surface area contributed by atoms with E-state index in [9.17, 15) is 4.79 Å². The van der Waals surface area contributed by atoms with Crippen molar-refractivity contribution in [3.63, 3.8) is 0 Å². The Morgan fingerprint density at radius 3 is 2.50 bits per heavy atom. The lowest BCUT2D eigenvalue weighted by atomic mass is 10.1. The van der Waals surface area contributed by atoms with Crippen LogP contribution in [0.4, 0.5) is 0 Å². The molecule has 0 fully saturated rings. The van der Waals surface area contributed by atoms with Gasteiger partial charge < -0.3 is 4.98 Å². The standard InChI is InChI=1S/C11H9BrN2OS/c12-8-3-1-7(2-4-8)5-9-6-10(15)14-11(16)13-9/h1-4,6H,5H2,(H2,13,14,15,16). The van der Waals surface area contributed by atoms with E-state index in [1.54, 1.807) is 0 Å². The minimum absolute atomic E-state index is 0.170. The molecule has 2 aromatic rings. The van der Waals surface area contributed by atoms with E-state index in [1.807, 2.05) is 24.3 Å². The Bertz CT molecular complexity index is 572. The van der Waals surface area contributed by atoms with Crippen molar-refractivity contribution >= 4 is 28.1 Å². The molecule has 2 N–H and O–H groups in total. The highest BCUT2D eigenvalue weighted by Crippen LogP contribution is 2.12. The molecule has 0 radical (unpaired) electrons. The van der Waals surface area contributed by atoms with Crippen LogP contribution < -0.4 is 5.56 Å². The maximum Gasteiger partial charge on any atom is 0.251 e. The van der Waals surface area contributed by atoms with Crippen LogP contribution >= 0.6 is 28.1 Å². The molecule has 3 nitrogen and oxygen atoms in total. The zero-order chi connectivity index (χ0) is 11.5. The lowest BCUT2D eigenvalue weighted by molar-refractivity contribution is 0.986. The van der Waals surface area contributed by atoms with Gasteiger partial charge in [0.25, 0.3) is 5.56 Å². The van der Waals surface area contributed by atoms with Gasteiger partial charge in [0, 0.05) is 22.7 Å². The number of aromatic amines is 2. The van der Waals surface area contributed by atoms with E-state index in [1.165, 1.54) is 6.07 Å². The molecule has 1 aromatic heterocycles. The van der Waals surface area contributed by atoms with Gasteiger partial charge in [-0.1, -0.05) is 28.1 Å². The van der Waals surface area contributed by atoms with Crippen LogP contribution in [0, 0.1) is 4.77 Å². The van der Waals surface area contributed by atoms with Gasteiger partial charge in [-0.25, -0.2) is 0 Å². The van der Waals surface area contributed by atoms with Crippen molar-refractivity contribution in [2.75, 3.05) is 0 Å². The maximum atomic E-state index is 11.2. The molecular formula is C11H9BrN2OS. The third kappa shape index (κ3) is 2.90. The van der Waals surface area contributed by atoms with Crippen molar-refractivity contribution in [1.29, 1.82) is 0 Å². The number of rotatable bonds is 2. The molecule has 0 aliphatic heterocycles. The second-order valence-corrected chi connectivity index (χ2v) is 4.74. The fraction of sp³-hybridized carbons (Fsp3) is 0.0909. The first kappa shape index (κ1) is 11.3. The first-order valence-corrected chi connectivity index (χ1v) is 5.90. The SMILES string of the molecule is O=c1cc(Cc2ccc(Br)cc2)[nH]c(=S)[nH]1. The summed E-state index contributed by atoms with van der Waals surface area (Å²) >= 11 is 8.28. The number of nitrogens with one attached hydrogen (secondary N) is 2. The minimum Gasteiger partial charge on any atom is -0.336 e. The Morgan fingerprint density at radius 1 is 1.19 bits per heavy atom. The van der Waals surface area contributed by atoms with E-state index in [2.05, 4.69) is 25.9 Å². The number of H-pyrrole nitrogens is 2. The van der Waals surface area contributed by atoms with Crippen LogP contribution in [0.2, 0.25) is 0 Å². The number of aromatic nitrogens is 2. The van der Waals surface area contributed by atoms with Crippen molar-refractivity contribution in [2.45, 2.75) is 6.42 Å². The highest BCUT2D eigenvalue weighted by molar-refractivity contribution is 9.10. The highest BCUT2D eigenvalue weighted by atomic mass is 79.9. The molecule has 0 amide bonds. The molecule has 0 unspecified atom stereocenters. The average Bonchev–Trinajstić information content (AvgIpc) is 2.20. The molecule has 0 saturated carbocycles. The molecule has 5 heteroatoms. The molecule has 2 rings (SSSR count). The highest BCUT2D eigenvalue weighted by Gasteiger charge is 1.98. The summed E-state index contributed by atoms with van der Waals surface area (Å²) < 4.78 is 1.40. The molecule has 16 heavy (non-hydrogen) atoms. The van der Waals surface area contributed by atoms with Gasteiger partial charge in [0.2, 0.25) is 0 Å². The van der Waals surface area contributed by atoms with Gasteiger partial charge in [0.1, 0.15) is 0 Å². The molecule has 0 aliphatic rings. The molecule has 0 bridgehead atoms. The fourth-order valence-electron chi connectivity index (χ4n) is 1.44. The molecule has 1 aromatic carbocycles. The summed E-state index contributed by atoms with van der Waals surface area (Å²) in [5.74, 6) is 0. The molecule has 82 valence electrons. The largest absolute Gasteiger partial charge is 0.336 e. The van der Waals surface area contributed by atoms with Crippen LogP contribution in [0.25, 0.3) is 0 Å². The second kappa shape index (κ2) is 4.76. The number of hydrogen-bond donors (Lipinski definition) is 2. The predicted octanol–water partition coefficient (Wildman–Crippen LogP) is 2.79. The van der Waals surface area contributed by atoms with E-state index in [4.69, 9.17) is 12.2 Å². The topological polar surface area (TPSA) is 48.6 Å². The van der Waals surface area contributed by atoms with Crippen molar-refractivity contribution in [2.24, 2.45) is 0 Å². The fourth-order valence-corrected chi connectivity index (χ4v) is 1.93. The van der Waals surface area contributed by atoms with Crippen LogP contribution in [0.15, 0.2) is 39.6 Å². The summed E-state index contributed by atoms with van der Waals surface area (Å²) in [6.07, 6.45) is 0.667. The monoisotopic (exact) mass is 296 g/mol. The van der Waals surface area contributed by atoms with Gasteiger partial charge in [-0.3, -0.25) is 9.78 Å². The van der Waals surface area contributed by atoms with Gasteiger partial charge in [-0.15, -0.1) is 0 Å². The Hall–Kier alpha value is -1.20. The first-order chi connectivity index (χ1) is 7.63. The smallest absolute Gasteiger partial charge is 0.251 e. The summed E-state index contributed by atoms with van der Waals surface area (Å²) in [6, 6.07) is 9.47. The molecule has 0 aliphatic carbocycles. The van der Waals surface area contributed by atoms with Gasteiger partial charge in [0.15, 0.2) is 4.77 Å². The van der Waals surface area contributed by atoms with E-state index in [-0.39, 0.29) is 5.56 Å². The normalized spacial score (nSPS) is 10.3. The Labute approximate surface area is 106 Å².